The molecule has 0 aromatic carbocycles. The lowest BCUT2D eigenvalue weighted by molar-refractivity contribution is -0.117. The van der Waals surface area contributed by atoms with Crippen molar-refractivity contribution < 1.29 is 4.79 Å². The Bertz CT molecular complexity index is 357. The molecule has 0 spiro atoms. The first-order chi connectivity index (χ1) is 8.02. The number of carbonyl (C=O) groups is 1. The van der Waals surface area contributed by atoms with Gasteiger partial charge in [0, 0.05) is 18.3 Å². The van der Waals surface area contributed by atoms with E-state index in [-0.39, 0.29) is 5.78 Å². The molecule has 1 unspecified atom stereocenters. The van der Waals surface area contributed by atoms with Gasteiger partial charge in [0.25, 0.3) is 0 Å². The largest absolute Gasteiger partial charge is 0.307 e. The molecule has 0 saturated heterocycles. The molecule has 0 saturated carbocycles. The number of Topliss-reactive ketones (excluding diaryl/α,β-unsaturated/α-hetero) is 1. The molecular formula is C13H23N3O. The Balaban J connectivity index is 2.39. The van der Waals surface area contributed by atoms with Gasteiger partial charge >= 0.3 is 0 Å². The molecule has 4 nitrogen and oxygen atoms in total. The third-order valence-corrected chi connectivity index (χ3v) is 2.83. The normalized spacial score (nSPS) is 13.0. The van der Waals surface area contributed by atoms with Gasteiger partial charge in [-0.25, -0.2) is 0 Å². The number of hydrogen-bond donors (Lipinski definition) is 1. The van der Waals surface area contributed by atoms with E-state index in [2.05, 4.69) is 38.1 Å². The molecule has 0 fully saturated rings. The van der Waals surface area contributed by atoms with E-state index in [0.29, 0.717) is 25.0 Å². The van der Waals surface area contributed by atoms with Crippen molar-refractivity contribution in [1.29, 1.82) is 0 Å². The van der Waals surface area contributed by atoms with Crippen molar-refractivity contribution in [3.05, 3.63) is 18.0 Å². The molecule has 0 amide bonds. The summed E-state index contributed by atoms with van der Waals surface area (Å²) in [4.78, 5) is 11.7. The van der Waals surface area contributed by atoms with Crippen LogP contribution in [0.15, 0.2) is 12.3 Å². The van der Waals surface area contributed by atoms with Gasteiger partial charge in [-0.05, 0) is 33.3 Å². The first-order valence-corrected chi connectivity index (χ1v) is 6.32. The second-order valence-electron chi connectivity index (χ2n) is 4.79. The van der Waals surface area contributed by atoms with E-state index in [1.54, 1.807) is 0 Å². The van der Waals surface area contributed by atoms with Crippen LogP contribution in [0.5, 0.6) is 0 Å². The third kappa shape index (κ3) is 4.69. The zero-order chi connectivity index (χ0) is 12.8. The van der Waals surface area contributed by atoms with Gasteiger partial charge in [0.1, 0.15) is 0 Å². The zero-order valence-corrected chi connectivity index (χ0v) is 11.2. The maximum atomic E-state index is 11.7. The predicted octanol–water partition coefficient (Wildman–Crippen LogP) is 1.96. The van der Waals surface area contributed by atoms with Crippen molar-refractivity contribution >= 4 is 5.78 Å². The van der Waals surface area contributed by atoms with E-state index in [1.165, 1.54) is 0 Å². The maximum Gasteiger partial charge on any atom is 0.152 e. The minimum atomic E-state index is 0.194. The van der Waals surface area contributed by atoms with Crippen molar-refractivity contribution in [3.63, 3.8) is 0 Å². The number of rotatable bonds is 7. The van der Waals surface area contributed by atoms with Gasteiger partial charge in [-0.1, -0.05) is 6.92 Å². The molecular weight excluding hydrogens is 214 g/mol. The van der Waals surface area contributed by atoms with Crippen molar-refractivity contribution in [1.82, 2.24) is 15.1 Å². The van der Waals surface area contributed by atoms with E-state index in [4.69, 9.17) is 0 Å². The van der Waals surface area contributed by atoms with Crippen LogP contribution >= 0.6 is 0 Å². The summed E-state index contributed by atoms with van der Waals surface area (Å²) in [6, 6.07) is 2.66. The summed E-state index contributed by atoms with van der Waals surface area (Å²) in [7, 11) is 0. The maximum absolute atomic E-state index is 11.7. The fourth-order valence-corrected chi connectivity index (χ4v) is 1.46. The Kier molecular flexibility index (Phi) is 5.35. The highest BCUT2D eigenvalue weighted by Gasteiger charge is 2.08. The fraction of sp³-hybridized carbons (Fsp3) is 0.692. The van der Waals surface area contributed by atoms with Crippen molar-refractivity contribution in [2.75, 3.05) is 6.54 Å². The quantitative estimate of drug-likeness (QED) is 0.788. The smallest absolute Gasteiger partial charge is 0.152 e. The first-order valence-electron chi connectivity index (χ1n) is 6.32. The van der Waals surface area contributed by atoms with Crippen LogP contribution in [0.1, 0.15) is 45.9 Å². The number of hydrogen-bond acceptors (Lipinski definition) is 3. The first kappa shape index (κ1) is 13.9. The standard InChI is InChI=1S/C13H23N3O/c1-5-11(4)14-9-13(17)8-12-6-7-16(15-12)10(2)3/h6-7,10-11,14H,5,8-9H2,1-4H3. The Morgan fingerprint density at radius 2 is 2.18 bits per heavy atom. The SMILES string of the molecule is CCC(C)NCC(=O)Cc1ccn(C(C)C)n1. The summed E-state index contributed by atoms with van der Waals surface area (Å²) < 4.78 is 1.88. The summed E-state index contributed by atoms with van der Waals surface area (Å²) >= 11 is 0. The topological polar surface area (TPSA) is 46.9 Å². The van der Waals surface area contributed by atoms with E-state index in [1.807, 2.05) is 16.9 Å². The van der Waals surface area contributed by atoms with Crippen LogP contribution < -0.4 is 5.32 Å². The Morgan fingerprint density at radius 3 is 2.71 bits per heavy atom. The molecule has 1 aromatic rings. The molecule has 1 heterocycles. The van der Waals surface area contributed by atoms with Crippen LogP contribution in [0.25, 0.3) is 0 Å². The summed E-state index contributed by atoms with van der Waals surface area (Å²) in [5, 5.41) is 7.56. The summed E-state index contributed by atoms with van der Waals surface area (Å²) in [6.07, 6.45) is 3.38. The highest BCUT2D eigenvalue weighted by molar-refractivity contribution is 5.82. The van der Waals surface area contributed by atoms with E-state index < -0.39 is 0 Å². The van der Waals surface area contributed by atoms with Crippen LogP contribution in [-0.2, 0) is 11.2 Å². The van der Waals surface area contributed by atoms with Gasteiger partial charge in [-0.15, -0.1) is 0 Å². The van der Waals surface area contributed by atoms with Gasteiger partial charge in [0.2, 0.25) is 0 Å². The predicted molar refractivity (Wildman–Crippen MR) is 69.1 cm³/mol. The average Bonchev–Trinajstić information content (AvgIpc) is 2.74. The third-order valence-electron chi connectivity index (χ3n) is 2.83. The molecule has 0 bridgehead atoms. The van der Waals surface area contributed by atoms with Crippen LogP contribution in [0.4, 0.5) is 0 Å². The van der Waals surface area contributed by atoms with Crippen LogP contribution in [0, 0.1) is 0 Å². The lowest BCUT2D eigenvalue weighted by Gasteiger charge is -2.09. The second-order valence-corrected chi connectivity index (χ2v) is 4.79. The van der Waals surface area contributed by atoms with Gasteiger partial charge in [-0.3, -0.25) is 9.48 Å². The monoisotopic (exact) mass is 237 g/mol. The molecule has 0 aliphatic heterocycles. The minimum Gasteiger partial charge on any atom is -0.307 e. The van der Waals surface area contributed by atoms with E-state index >= 15 is 0 Å². The Hall–Kier alpha value is -1.16. The van der Waals surface area contributed by atoms with Gasteiger partial charge < -0.3 is 5.32 Å². The van der Waals surface area contributed by atoms with Crippen molar-refractivity contribution in [3.8, 4) is 0 Å². The lowest BCUT2D eigenvalue weighted by atomic mass is 10.2. The molecule has 96 valence electrons. The zero-order valence-electron chi connectivity index (χ0n) is 11.2. The lowest BCUT2D eigenvalue weighted by Crippen LogP contribution is -2.31. The van der Waals surface area contributed by atoms with Gasteiger partial charge in [0.05, 0.1) is 18.7 Å². The van der Waals surface area contributed by atoms with E-state index in [9.17, 15) is 4.79 Å². The molecule has 0 radical (unpaired) electrons. The number of nitrogens with zero attached hydrogens (tertiary/aromatic N) is 2. The van der Waals surface area contributed by atoms with E-state index in [0.717, 1.165) is 12.1 Å². The number of carbonyl (C=O) groups excluding carboxylic acids is 1. The summed E-state index contributed by atoms with van der Waals surface area (Å²) in [5.74, 6) is 0.194. The highest BCUT2D eigenvalue weighted by atomic mass is 16.1. The number of aromatic nitrogens is 2. The minimum absolute atomic E-state index is 0.194. The van der Waals surface area contributed by atoms with Crippen molar-refractivity contribution in [2.45, 2.75) is 52.6 Å². The number of ketones is 1. The second kappa shape index (κ2) is 6.55. The van der Waals surface area contributed by atoms with Gasteiger partial charge in [-0.2, -0.15) is 5.10 Å². The van der Waals surface area contributed by atoms with Crippen LogP contribution in [0.3, 0.4) is 0 Å². The Morgan fingerprint density at radius 1 is 1.47 bits per heavy atom. The van der Waals surface area contributed by atoms with Crippen molar-refractivity contribution in [2.24, 2.45) is 0 Å². The molecule has 0 aliphatic carbocycles. The van der Waals surface area contributed by atoms with Gasteiger partial charge in [0.15, 0.2) is 5.78 Å². The summed E-state index contributed by atoms with van der Waals surface area (Å²) in [5.41, 5.74) is 0.856. The highest BCUT2D eigenvalue weighted by Crippen LogP contribution is 2.04. The molecule has 1 atom stereocenters. The average molecular weight is 237 g/mol. The Labute approximate surface area is 103 Å². The summed E-state index contributed by atoms with van der Waals surface area (Å²) in [6.45, 7) is 8.77. The molecule has 17 heavy (non-hydrogen) atoms. The van der Waals surface area contributed by atoms with Crippen LogP contribution in [-0.4, -0.2) is 28.2 Å². The molecule has 1 rings (SSSR count). The molecule has 4 heteroatoms. The number of nitrogens with one attached hydrogen (secondary N) is 1. The molecule has 1 aromatic heterocycles. The molecule has 1 N–H and O–H groups in total. The fourth-order valence-electron chi connectivity index (χ4n) is 1.46. The van der Waals surface area contributed by atoms with Crippen LogP contribution in [0.2, 0.25) is 0 Å². The molecule has 0 aliphatic rings.